The van der Waals surface area contributed by atoms with Crippen LogP contribution in [0.25, 0.3) is 0 Å². The lowest BCUT2D eigenvalue weighted by Crippen LogP contribution is -2.56. The van der Waals surface area contributed by atoms with Gasteiger partial charge < -0.3 is 25.2 Å². The number of alkyl halides is 1. The summed E-state index contributed by atoms with van der Waals surface area (Å²) in [6.07, 6.45) is 7.82. The summed E-state index contributed by atoms with van der Waals surface area (Å²) in [5, 5.41) is 20.6. The second-order valence-corrected chi connectivity index (χ2v) is 13.7. The number of halogens is 1. The van der Waals surface area contributed by atoms with Crippen molar-refractivity contribution in [3.8, 4) is 12.1 Å². The molecule has 6 aliphatic rings. The number of nitrogens with two attached hydrogens (primary N) is 1. The fourth-order valence-electron chi connectivity index (χ4n) is 8.33. The smallest absolute Gasteiger partial charge is 0.318 e. The van der Waals surface area contributed by atoms with E-state index in [0.717, 1.165) is 67.7 Å². The summed E-state index contributed by atoms with van der Waals surface area (Å²) in [7, 11) is 0. The van der Waals surface area contributed by atoms with E-state index >= 15 is 0 Å². The second-order valence-electron chi connectivity index (χ2n) is 13.7. The number of hydrogen-bond acceptors (Lipinski definition) is 9. The molecule has 1 aromatic heterocycles. The van der Waals surface area contributed by atoms with Gasteiger partial charge >= 0.3 is 6.01 Å². The van der Waals surface area contributed by atoms with Gasteiger partial charge in [-0.3, -0.25) is 4.90 Å². The van der Waals surface area contributed by atoms with E-state index in [1.807, 2.05) is 19.9 Å². The quantitative estimate of drug-likeness (QED) is 0.555. The number of anilines is 1. The summed E-state index contributed by atoms with van der Waals surface area (Å²) in [5.41, 5.74) is 8.60. The maximum Gasteiger partial charge on any atom is 0.318 e. The average Bonchev–Trinajstić information content (AvgIpc) is 3.41. The highest BCUT2D eigenvalue weighted by Gasteiger charge is 2.51. The molecule has 3 saturated heterocycles. The van der Waals surface area contributed by atoms with Crippen LogP contribution in [0.4, 0.5) is 10.2 Å². The second kappa shape index (κ2) is 9.65. The molecule has 4 atom stereocenters. The summed E-state index contributed by atoms with van der Waals surface area (Å²) < 4.78 is 27.5. The van der Waals surface area contributed by atoms with Crippen molar-refractivity contribution in [1.29, 1.82) is 5.26 Å². The molecule has 10 heteroatoms. The number of allylic oxidation sites excluding steroid dienone is 2. The van der Waals surface area contributed by atoms with Gasteiger partial charge in [0.25, 0.3) is 0 Å². The molecule has 4 aliphatic heterocycles. The number of aromatic nitrogens is 2. The summed E-state index contributed by atoms with van der Waals surface area (Å²) in [6.45, 7) is 7.16. The molecule has 1 spiro atoms. The van der Waals surface area contributed by atoms with Crippen LogP contribution in [0.5, 0.6) is 6.01 Å². The number of hydrogen-bond donors (Lipinski definition) is 2. The molecular weight excluding hydrogens is 523 g/mol. The first-order chi connectivity index (χ1) is 19.6. The number of rotatable bonds is 5. The highest BCUT2D eigenvalue weighted by molar-refractivity contribution is 5.56. The van der Waals surface area contributed by atoms with Crippen molar-refractivity contribution in [2.75, 3.05) is 37.7 Å². The van der Waals surface area contributed by atoms with Crippen LogP contribution in [-0.2, 0) is 17.8 Å². The lowest BCUT2D eigenvalue weighted by Gasteiger charge is -2.49. The van der Waals surface area contributed by atoms with E-state index in [9.17, 15) is 14.8 Å². The molecule has 41 heavy (non-hydrogen) atoms. The van der Waals surface area contributed by atoms with Crippen molar-refractivity contribution in [3.05, 3.63) is 34.2 Å². The van der Waals surface area contributed by atoms with Crippen molar-refractivity contribution in [2.24, 2.45) is 17.6 Å². The highest BCUT2D eigenvalue weighted by Crippen LogP contribution is 2.51. The molecule has 0 bridgehead atoms. The first kappa shape index (κ1) is 27.1. The van der Waals surface area contributed by atoms with Gasteiger partial charge in [0.1, 0.15) is 24.7 Å². The molecule has 0 aromatic carbocycles. The normalized spacial score (nSPS) is 33.6. The molecular formula is C31H41FN6O3. The fraction of sp³-hybridized carbons (Fsp3) is 0.710. The molecule has 7 rings (SSSR count). The predicted octanol–water partition coefficient (Wildman–Crippen LogP) is 3.32. The number of nitriles is 1. The van der Waals surface area contributed by atoms with Crippen LogP contribution >= 0.6 is 0 Å². The van der Waals surface area contributed by atoms with Gasteiger partial charge in [0.05, 0.1) is 34.6 Å². The third-order valence-corrected chi connectivity index (χ3v) is 10.7. The van der Waals surface area contributed by atoms with Gasteiger partial charge in [0.15, 0.2) is 0 Å². The third kappa shape index (κ3) is 4.43. The van der Waals surface area contributed by atoms with Gasteiger partial charge in [0.2, 0.25) is 0 Å². The third-order valence-electron chi connectivity index (χ3n) is 10.7. The summed E-state index contributed by atoms with van der Waals surface area (Å²) in [4.78, 5) is 14.3. The lowest BCUT2D eigenvalue weighted by atomic mass is 9.65. The molecule has 9 nitrogen and oxygen atoms in total. The van der Waals surface area contributed by atoms with E-state index in [2.05, 4.69) is 15.9 Å². The number of nitrogens with zero attached hydrogens (tertiary/aromatic N) is 5. The Labute approximate surface area is 241 Å². The molecule has 4 fully saturated rings. The Hall–Kier alpha value is -2.74. The van der Waals surface area contributed by atoms with Gasteiger partial charge in [0, 0.05) is 49.7 Å². The van der Waals surface area contributed by atoms with Gasteiger partial charge in [-0.05, 0) is 70.4 Å². The molecule has 1 aromatic rings. The van der Waals surface area contributed by atoms with Crippen LogP contribution in [-0.4, -0.2) is 75.7 Å². The monoisotopic (exact) mass is 564 g/mol. The van der Waals surface area contributed by atoms with Crippen molar-refractivity contribution in [1.82, 2.24) is 14.9 Å². The molecule has 0 amide bonds. The molecule has 220 valence electrons. The van der Waals surface area contributed by atoms with Crippen LogP contribution < -0.4 is 15.4 Å². The van der Waals surface area contributed by atoms with E-state index in [1.165, 1.54) is 0 Å². The molecule has 3 N–H and O–H groups in total. The fourth-order valence-corrected chi connectivity index (χ4v) is 8.33. The summed E-state index contributed by atoms with van der Waals surface area (Å²) in [6, 6.07) is 2.70. The minimum atomic E-state index is -0.824. The lowest BCUT2D eigenvalue weighted by molar-refractivity contribution is -0.0650. The Morgan fingerprint density at radius 3 is 2.88 bits per heavy atom. The van der Waals surface area contributed by atoms with Crippen LogP contribution in [0.15, 0.2) is 22.9 Å². The Balaban J connectivity index is 1.24. The maximum atomic E-state index is 14.4. The molecule has 2 aliphatic carbocycles. The van der Waals surface area contributed by atoms with Gasteiger partial charge in [-0.1, -0.05) is 6.08 Å². The number of ether oxygens (including phenoxy) is 2. The van der Waals surface area contributed by atoms with Gasteiger partial charge in [-0.2, -0.15) is 15.2 Å². The number of aliphatic hydroxyl groups is 1. The van der Waals surface area contributed by atoms with Gasteiger partial charge in [-0.25, -0.2) is 4.39 Å². The van der Waals surface area contributed by atoms with E-state index in [4.69, 9.17) is 25.2 Å². The largest absolute Gasteiger partial charge is 0.461 e. The minimum Gasteiger partial charge on any atom is -0.461 e. The average molecular weight is 565 g/mol. The number of fused-ring (bicyclic) bond motifs is 4. The van der Waals surface area contributed by atoms with E-state index in [0.29, 0.717) is 63.0 Å². The standard InChI is InChI=1S/C31H41FN6O3/c1-29(2,39)20-14-37(15-20)27-23-17-41-31(9-3-5-19-6-7-24(34)22(13-33)26(19)31)12-25(23)35-28(36-27)40-18-30-8-4-10-38(30)16-21(32)11-30/h7,19-21,39H,3-6,8-12,14-18,34H2,1-2H3/t19?,21-,30?,31+/m1/s1. The summed E-state index contributed by atoms with van der Waals surface area (Å²) in [5.74, 6) is 1.18. The van der Waals surface area contributed by atoms with Crippen LogP contribution in [0.1, 0.15) is 70.1 Å². The van der Waals surface area contributed by atoms with Crippen LogP contribution in [0.2, 0.25) is 0 Å². The SMILES string of the molecule is CC(C)(O)C1CN(c2nc(OCC34CCCN3C[C@H](F)C4)nc3c2CO[C@@]2(CCCC4CC=C(N)C(C#N)=C42)C3)C1. The van der Waals surface area contributed by atoms with Crippen molar-refractivity contribution in [2.45, 2.75) is 94.7 Å². The molecule has 5 heterocycles. The molecule has 2 unspecified atom stereocenters. The Bertz CT molecular complexity index is 1340. The Kier molecular flexibility index (Phi) is 6.38. The zero-order chi connectivity index (χ0) is 28.6. The maximum absolute atomic E-state index is 14.4. The summed E-state index contributed by atoms with van der Waals surface area (Å²) >= 11 is 0. The Morgan fingerprint density at radius 1 is 1.27 bits per heavy atom. The predicted molar refractivity (Wildman–Crippen MR) is 151 cm³/mol. The van der Waals surface area contributed by atoms with E-state index in [1.54, 1.807) is 0 Å². The van der Waals surface area contributed by atoms with Crippen molar-refractivity contribution < 1.29 is 19.0 Å². The first-order valence-electron chi connectivity index (χ1n) is 15.2. The van der Waals surface area contributed by atoms with E-state index < -0.39 is 17.4 Å². The topological polar surface area (TPSA) is 121 Å². The first-order valence-corrected chi connectivity index (χ1v) is 15.2. The van der Waals surface area contributed by atoms with Crippen LogP contribution in [0, 0.1) is 23.2 Å². The van der Waals surface area contributed by atoms with Crippen molar-refractivity contribution in [3.63, 3.8) is 0 Å². The van der Waals surface area contributed by atoms with Crippen LogP contribution in [0.3, 0.4) is 0 Å². The highest BCUT2D eigenvalue weighted by atomic mass is 19.1. The Morgan fingerprint density at radius 2 is 2.10 bits per heavy atom. The van der Waals surface area contributed by atoms with E-state index in [-0.39, 0.29) is 17.4 Å². The minimum absolute atomic E-state index is 0.138. The molecule has 0 radical (unpaired) electrons. The zero-order valence-electron chi connectivity index (χ0n) is 24.2. The molecule has 1 saturated carbocycles. The van der Waals surface area contributed by atoms with Crippen molar-refractivity contribution >= 4 is 5.82 Å². The zero-order valence-corrected chi connectivity index (χ0v) is 24.2. The van der Waals surface area contributed by atoms with Gasteiger partial charge in [-0.15, -0.1) is 0 Å².